The topological polar surface area (TPSA) is 74.8 Å². The molecule has 8 heteroatoms. The molecule has 0 saturated carbocycles. The molecular formula is C10H9F2N5O. The lowest BCUT2D eigenvalue weighted by atomic mass is 10.2. The second-order valence-corrected chi connectivity index (χ2v) is 3.65. The summed E-state index contributed by atoms with van der Waals surface area (Å²) < 4.78 is 25.7. The Morgan fingerprint density at radius 2 is 2.17 bits per heavy atom. The van der Waals surface area contributed by atoms with E-state index in [0.717, 1.165) is 12.1 Å². The van der Waals surface area contributed by atoms with Crippen LogP contribution in [0.4, 0.5) is 8.78 Å². The van der Waals surface area contributed by atoms with E-state index in [9.17, 15) is 13.6 Å². The van der Waals surface area contributed by atoms with Crippen molar-refractivity contribution in [2.45, 2.75) is 6.54 Å². The molecule has 0 aliphatic heterocycles. The van der Waals surface area contributed by atoms with Gasteiger partial charge < -0.3 is 4.90 Å². The summed E-state index contributed by atoms with van der Waals surface area (Å²) in [7, 11) is 1.50. The van der Waals surface area contributed by atoms with Gasteiger partial charge in [0.2, 0.25) is 0 Å². The first-order valence-corrected chi connectivity index (χ1v) is 5.01. The van der Waals surface area contributed by atoms with E-state index in [0.29, 0.717) is 5.56 Å². The Balaban J connectivity index is 2.09. The highest BCUT2D eigenvalue weighted by Crippen LogP contribution is 2.11. The molecule has 0 saturated heterocycles. The van der Waals surface area contributed by atoms with Gasteiger partial charge >= 0.3 is 0 Å². The molecule has 0 aliphatic carbocycles. The zero-order valence-electron chi connectivity index (χ0n) is 9.39. The molecule has 1 amide bonds. The average molecular weight is 253 g/mol. The third-order valence-corrected chi connectivity index (χ3v) is 2.29. The maximum absolute atomic E-state index is 13.0. The number of H-pyrrole nitrogens is 1. The first-order chi connectivity index (χ1) is 8.58. The second kappa shape index (κ2) is 4.86. The van der Waals surface area contributed by atoms with E-state index in [4.69, 9.17) is 0 Å². The predicted molar refractivity (Wildman–Crippen MR) is 56.3 cm³/mol. The maximum atomic E-state index is 13.0. The van der Waals surface area contributed by atoms with E-state index >= 15 is 0 Å². The van der Waals surface area contributed by atoms with E-state index in [-0.39, 0.29) is 12.4 Å². The molecule has 0 aliphatic rings. The molecule has 2 rings (SSSR count). The Morgan fingerprint density at radius 1 is 1.39 bits per heavy atom. The number of amides is 1. The lowest BCUT2D eigenvalue weighted by Gasteiger charge is -2.15. The summed E-state index contributed by atoms with van der Waals surface area (Å²) in [5.41, 5.74) is 0.466. The molecule has 0 radical (unpaired) electrons. The van der Waals surface area contributed by atoms with E-state index in [1.165, 1.54) is 18.0 Å². The molecule has 0 bridgehead atoms. The highest BCUT2D eigenvalue weighted by molar-refractivity contribution is 5.89. The van der Waals surface area contributed by atoms with Gasteiger partial charge in [0.25, 0.3) is 11.7 Å². The molecule has 0 unspecified atom stereocenters. The fourth-order valence-corrected chi connectivity index (χ4v) is 1.41. The number of aromatic amines is 1. The zero-order chi connectivity index (χ0) is 13.1. The summed E-state index contributed by atoms with van der Waals surface area (Å²) in [4.78, 5) is 13.0. The van der Waals surface area contributed by atoms with Crippen LogP contribution in [0.25, 0.3) is 0 Å². The van der Waals surface area contributed by atoms with Crippen LogP contribution in [-0.4, -0.2) is 38.5 Å². The predicted octanol–water partition coefficient (Wildman–Crippen LogP) is 0.750. The molecule has 2 aromatic rings. The van der Waals surface area contributed by atoms with E-state index in [1.807, 2.05) is 0 Å². The van der Waals surface area contributed by atoms with Crippen LogP contribution in [-0.2, 0) is 6.54 Å². The summed E-state index contributed by atoms with van der Waals surface area (Å²) in [6.07, 6.45) is 0. The van der Waals surface area contributed by atoms with Crippen molar-refractivity contribution in [1.29, 1.82) is 0 Å². The third kappa shape index (κ3) is 2.47. The van der Waals surface area contributed by atoms with Gasteiger partial charge in [-0.05, 0) is 22.9 Å². The van der Waals surface area contributed by atoms with Gasteiger partial charge in [0.1, 0.15) is 0 Å². The van der Waals surface area contributed by atoms with Gasteiger partial charge in [-0.1, -0.05) is 6.07 Å². The maximum Gasteiger partial charge on any atom is 0.295 e. The van der Waals surface area contributed by atoms with Crippen molar-refractivity contribution in [3.63, 3.8) is 0 Å². The molecule has 1 aromatic carbocycles. The van der Waals surface area contributed by atoms with Crippen molar-refractivity contribution in [3.8, 4) is 0 Å². The molecule has 94 valence electrons. The Bertz CT molecular complexity index is 557. The minimum absolute atomic E-state index is 0.0833. The number of hydrogen-bond acceptors (Lipinski definition) is 4. The summed E-state index contributed by atoms with van der Waals surface area (Å²) >= 11 is 0. The Hall–Kier alpha value is -2.38. The van der Waals surface area contributed by atoms with Crippen LogP contribution in [0.3, 0.4) is 0 Å². The minimum Gasteiger partial charge on any atom is -0.335 e. The number of carbonyl (C=O) groups excluding carboxylic acids is 1. The standard InChI is InChI=1S/C10H9F2N5O/c1-17(10(18)9-13-15-16-14-9)5-6-2-3-7(11)8(12)4-6/h2-4H,5H2,1H3,(H,13,14,15,16). The molecule has 0 spiro atoms. The largest absolute Gasteiger partial charge is 0.335 e. The number of nitrogens with one attached hydrogen (secondary N) is 1. The number of aromatic nitrogens is 4. The van der Waals surface area contributed by atoms with Gasteiger partial charge in [-0.3, -0.25) is 4.79 Å². The Morgan fingerprint density at radius 3 is 2.78 bits per heavy atom. The van der Waals surface area contributed by atoms with Gasteiger partial charge in [-0.2, -0.15) is 5.21 Å². The van der Waals surface area contributed by atoms with Crippen LogP contribution in [0, 0.1) is 11.6 Å². The number of carbonyl (C=O) groups is 1. The summed E-state index contributed by atoms with van der Waals surface area (Å²) in [5, 5.41) is 12.5. The zero-order valence-corrected chi connectivity index (χ0v) is 9.39. The van der Waals surface area contributed by atoms with Crippen molar-refractivity contribution in [2.24, 2.45) is 0 Å². The third-order valence-electron chi connectivity index (χ3n) is 2.29. The fourth-order valence-electron chi connectivity index (χ4n) is 1.41. The molecule has 0 atom stereocenters. The van der Waals surface area contributed by atoms with Crippen LogP contribution in [0.2, 0.25) is 0 Å². The fraction of sp³-hybridized carbons (Fsp3) is 0.200. The Kier molecular flexibility index (Phi) is 3.26. The summed E-state index contributed by atoms with van der Waals surface area (Å²) in [6.45, 7) is 0.116. The summed E-state index contributed by atoms with van der Waals surface area (Å²) in [5.74, 6) is -2.42. The van der Waals surface area contributed by atoms with Crippen molar-refractivity contribution >= 4 is 5.91 Å². The molecule has 1 N–H and O–H groups in total. The monoisotopic (exact) mass is 253 g/mol. The summed E-state index contributed by atoms with van der Waals surface area (Å²) in [6, 6.07) is 3.45. The first kappa shape index (κ1) is 12.1. The van der Waals surface area contributed by atoms with Crippen molar-refractivity contribution < 1.29 is 13.6 Å². The van der Waals surface area contributed by atoms with Gasteiger partial charge in [-0.25, -0.2) is 8.78 Å². The Labute approximate surface area is 101 Å². The van der Waals surface area contributed by atoms with Gasteiger partial charge in [-0.15, -0.1) is 10.2 Å². The molecule has 1 aromatic heterocycles. The van der Waals surface area contributed by atoms with Crippen LogP contribution in [0.1, 0.15) is 16.2 Å². The highest BCUT2D eigenvalue weighted by atomic mass is 19.2. The van der Waals surface area contributed by atoms with E-state index in [1.54, 1.807) is 0 Å². The van der Waals surface area contributed by atoms with Crippen LogP contribution < -0.4 is 0 Å². The number of halogens is 2. The number of rotatable bonds is 3. The normalized spacial score (nSPS) is 10.4. The van der Waals surface area contributed by atoms with E-state index < -0.39 is 17.5 Å². The minimum atomic E-state index is -0.951. The van der Waals surface area contributed by atoms with Crippen LogP contribution in [0.15, 0.2) is 18.2 Å². The molecule has 6 nitrogen and oxygen atoms in total. The van der Waals surface area contributed by atoms with Gasteiger partial charge in [0, 0.05) is 13.6 Å². The lowest BCUT2D eigenvalue weighted by Crippen LogP contribution is -2.27. The van der Waals surface area contributed by atoms with Crippen LogP contribution in [0.5, 0.6) is 0 Å². The highest BCUT2D eigenvalue weighted by Gasteiger charge is 2.16. The SMILES string of the molecule is CN(Cc1ccc(F)c(F)c1)C(=O)c1nn[nH]n1. The number of benzene rings is 1. The molecule has 0 fully saturated rings. The quantitative estimate of drug-likeness (QED) is 0.875. The van der Waals surface area contributed by atoms with Crippen molar-refractivity contribution in [2.75, 3.05) is 7.05 Å². The lowest BCUT2D eigenvalue weighted by molar-refractivity contribution is 0.0773. The number of nitrogens with zero attached hydrogens (tertiary/aromatic N) is 4. The van der Waals surface area contributed by atoms with Crippen molar-refractivity contribution in [3.05, 3.63) is 41.2 Å². The molecule has 1 heterocycles. The molecule has 18 heavy (non-hydrogen) atoms. The van der Waals surface area contributed by atoms with Gasteiger partial charge in [0.05, 0.1) is 0 Å². The molecular weight excluding hydrogens is 244 g/mol. The smallest absolute Gasteiger partial charge is 0.295 e. The number of hydrogen-bond donors (Lipinski definition) is 1. The average Bonchev–Trinajstić information content (AvgIpc) is 2.86. The van der Waals surface area contributed by atoms with E-state index in [2.05, 4.69) is 20.6 Å². The number of tetrazole rings is 1. The van der Waals surface area contributed by atoms with Crippen molar-refractivity contribution in [1.82, 2.24) is 25.5 Å². The van der Waals surface area contributed by atoms with Crippen LogP contribution >= 0.6 is 0 Å². The second-order valence-electron chi connectivity index (χ2n) is 3.65. The first-order valence-electron chi connectivity index (χ1n) is 5.01. The van der Waals surface area contributed by atoms with Gasteiger partial charge in [0.15, 0.2) is 11.6 Å².